The number of piperidine rings is 1. The van der Waals surface area contributed by atoms with Crippen molar-refractivity contribution in [3.8, 4) is 0 Å². The van der Waals surface area contributed by atoms with E-state index in [4.69, 9.17) is 0 Å². The molecule has 2 rings (SSSR count). The molecule has 1 saturated heterocycles. The zero-order chi connectivity index (χ0) is 12.1. The summed E-state index contributed by atoms with van der Waals surface area (Å²) >= 11 is 1.90. The van der Waals surface area contributed by atoms with Crippen LogP contribution in [0.5, 0.6) is 0 Å². The van der Waals surface area contributed by atoms with Gasteiger partial charge in [0.2, 0.25) is 5.91 Å². The third-order valence-electron chi connectivity index (χ3n) is 4.03. The molecule has 1 amide bonds. The molecular formula is C13H24N2OS. The summed E-state index contributed by atoms with van der Waals surface area (Å²) in [6, 6.07) is 0. The highest BCUT2D eigenvalue weighted by Gasteiger charge is 2.41. The number of rotatable bonds is 6. The van der Waals surface area contributed by atoms with E-state index in [-0.39, 0.29) is 5.91 Å². The van der Waals surface area contributed by atoms with Gasteiger partial charge in [-0.05, 0) is 57.4 Å². The maximum Gasteiger partial charge on any atom is 0.220 e. The molecule has 1 aliphatic heterocycles. The maximum absolute atomic E-state index is 11.7. The topological polar surface area (TPSA) is 41.1 Å². The Labute approximate surface area is 108 Å². The molecule has 2 aliphatic rings. The second-order valence-electron chi connectivity index (χ2n) is 5.41. The largest absolute Gasteiger partial charge is 0.355 e. The fraction of sp³-hybridized carbons (Fsp3) is 0.923. The first-order valence-corrected chi connectivity index (χ1v) is 7.99. The SMILES string of the molecule is CSC1(CNC(=O)CCC2CCCNC2)CC1. The number of carbonyl (C=O) groups is 1. The first-order chi connectivity index (χ1) is 8.24. The number of nitrogens with one attached hydrogen (secondary N) is 2. The van der Waals surface area contributed by atoms with Gasteiger partial charge in [-0.25, -0.2) is 0 Å². The highest BCUT2D eigenvalue weighted by Crippen LogP contribution is 2.46. The van der Waals surface area contributed by atoms with Gasteiger partial charge in [0.25, 0.3) is 0 Å². The summed E-state index contributed by atoms with van der Waals surface area (Å²) in [5.41, 5.74) is 0. The number of thioether (sulfide) groups is 1. The lowest BCUT2D eigenvalue weighted by Gasteiger charge is -2.22. The van der Waals surface area contributed by atoms with Crippen LogP contribution in [0, 0.1) is 5.92 Å². The number of carbonyl (C=O) groups excluding carboxylic acids is 1. The Hall–Kier alpha value is -0.220. The zero-order valence-corrected chi connectivity index (χ0v) is 11.6. The van der Waals surface area contributed by atoms with E-state index in [2.05, 4.69) is 16.9 Å². The van der Waals surface area contributed by atoms with Crippen LogP contribution in [0.2, 0.25) is 0 Å². The lowest BCUT2D eigenvalue weighted by Crippen LogP contribution is -2.33. The molecule has 4 heteroatoms. The van der Waals surface area contributed by atoms with Crippen molar-refractivity contribution in [2.24, 2.45) is 5.92 Å². The molecule has 1 saturated carbocycles. The van der Waals surface area contributed by atoms with Crippen molar-refractivity contribution in [1.82, 2.24) is 10.6 Å². The van der Waals surface area contributed by atoms with Gasteiger partial charge in [-0.3, -0.25) is 4.79 Å². The summed E-state index contributed by atoms with van der Waals surface area (Å²) in [6.45, 7) is 3.12. The highest BCUT2D eigenvalue weighted by molar-refractivity contribution is 8.00. The Kier molecular flexibility index (Phi) is 4.74. The van der Waals surface area contributed by atoms with Gasteiger partial charge in [-0.15, -0.1) is 0 Å². The molecule has 3 nitrogen and oxygen atoms in total. The van der Waals surface area contributed by atoms with Crippen molar-refractivity contribution >= 4 is 17.7 Å². The second-order valence-corrected chi connectivity index (χ2v) is 6.69. The van der Waals surface area contributed by atoms with Crippen LogP contribution < -0.4 is 10.6 Å². The van der Waals surface area contributed by atoms with Crippen molar-refractivity contribution in [2.75, 3.05) is 25.9 Å². The Balaban J connectivity index is 1.57. The van der Waals surface area contributed by atoms with Crippen molar-refractivity contribution in [3.05, 3.63) is 0 Å². The lowest BCUT2D eigenvalue weighted by atomic mass is 9.94. The molecule has 0 spiro atoms. The summed E-state index contributed by atoms with van der Waals surface area (Å²) in [5, 5.41) is 6.49. The van der Waals surface area contributed by atoms with Crippen LogP contribution in [0.4, 0.5) is 0 Å². The fourth-order valence-corrected chi connectivity index (χ4v) is 3.17. The third kappa shape index (κ3) is 4.18. The minimum absolute atomic E-state index is 0.246. The number of hydrogen-bond acceptors (Lipinski definition) is 3. The van der Waals surface area contributed by atoms with Crippen molar-refractivity contribution in [2.45, 2.75) is 43.3 Å². The molecule has 1 atom stereocenters. The molecule has 98 valence electrons. The van der Waals surface area contributed by atoms with E-state index in [0.29, 0.717) is 17.1 Å². The average molecular weight is 256 g/mol. The summed E-state index contributed by atoms with van der Waals surface area (Å²) < 4.78 is 0.391. The molecule has 0 aromatic heterocycles. The Bertz CT molecular complexity index is 260. The number of amides is 1. The average Bonchev–Trinajstić information content (AvgIpc) is 3.16. The first kappa shape index (κ1) is 13.2. The van der Waals surface area contributed by atoms with Crippen LogP contribution in [0.3, 0.4) is 0 Å². The predicted octanol–water partition coefficient (Wildman–Crippen LogP) is 1.78. The summed E-state index contributed by atoms with van der Waals surface area (Å²) in [5.74, 6) is 0.959. The van der Waals surface area contributed by atoms with Gasteiger partial charge < -0.3 is 10.6 Å². The molecule has 1 heterocycles. The second kappa shape index (κ2) is 6.10. The fourth-order valence-electron chi connectivity index (χ4n) is 2.45. The smallest absolute Gasteiger partial charge is 0.220 e. The molecule has 1 aliphatic carbocycles. The molecule has 0 radical (unpaired) electrons. The monoisotopic (exact) mass is 256 g/mol. The summed E-state index contributed by atoms with van der Waals surface area (Å²) in [6.07, 6.45) is 8.98. The quantitative estimate of drug-likeness (QED) is 0.761. The van der Waals surface area contributed by atoms with Crippen LogP contribution in [0.15, 0.2) is 0 Å². The minimum atomic E-state index is 0.246. The van der Waals surface area contributed by atoms with Gasteiger partial charge >= 0.3 is 0 Å². The van der Waals surface area contributed by atoms with Crippen molar-refractivity contribution < 1.29 is 4.79 Å². The molecule has 0 aromatic rings. The first-order valence-electron chi connectivity index (χ1n) is 6.77. The number of hydrogen-bond donors (Lipinski definition) is 2. The summed E-state index contributed by atoms with van der Waals surface area (Å²) in [4.78, 5) is 11.7. The van der Waals surface area contributed by atoms with Crippen LogP contribution >= 0.6 is 11.8 Å². The molecular weight excluding hydrogens is 232 g/mol. The Morgan fingerprint density at radius 1 is 1.53 bits per heavy atom. The van der Waals surface area contributed by atoms with Crippen molar-refractivity contribution in [1.29, 1.82) is 0 Å². The van der Waals surface area contributed by atoms with Gasteiger partial charge in [0.1, 0.15) is 0 Å². The van der Waals surface area contributed by atoms with Gasteiger partial charge in [-0.2, -0.15) is 11.8 Å². The summed E-state index contributed by atoms with van der Waals surface area (Å²) in [7, 11) is 0. The van der Waals surface area contributed by atoms with Crippen LogP contribution in [-0.2, 0) is 4.79 Å². The van der Waals surface area contributed by atoms with E-state index in [1.165, 1.54) is 25.7 Å². The maximum atomic E-state index is 11.7. The lowest BCUT2D eigenvalue weighted by molar-refractivity contribution is -0.121. The highest BCUT2D eigenvalue weighted by atomic mass is 32.2. The van der Waals surface area contributed by atoms with Crippen LogP contribution in [0.1, 0.15) is 38.5 Å². The van der Waals surface area contributed by atoms with E-state index in [9.17, 15) is 4.79 Å². The zero-order valence-electron chi connectivity index (χ0n) is 10.8. The molecule has 1 unspecified atom stereocenters. The minimum Gasteiger partial charge on any atom is -0.355 e. The normalized spacial score (nSPS) is 26.5. The Morgan fingerprint density at radius 2 is 2.35 bits per heavy atom. The Morgan fingerprint density at radius 3 is 2.94 bits per heavy atom. The third-order valence-corrected chi connectivity index (χ3v) is 5.45. The van der Waals surface area contributed by atoms with E-state index >= 15 is 0 Å². The molecule has 2 fully saturated rings. The molecule has 0 aromatic carbocycles. The van der Waals surface area contributed by atoms with E-state index in [1.807, 2.05) is 11.8 Å². The molecule has 17 heavy (non-hydrogen) atoms. The van der Waals surface area contributed by atoms with Gasteiger partial charge in [0.05, 0.1) is 0 Å². The standard InChI is InChI=1S/C13H24N2OS/c1-17-13(6-7-13)10-15-12(16)5-4-11-3-2-8-14-9-11/h11,14H,2-10H2,1H3,(H,15,16). The van der Waals surface area contributed by atoms with Gasteiger partial charge in [0, 0.05) is 17.7 Å². The van der Waals surface area contributed by atoms with Gasteiger partial charge in [-0.1, -0.05) is 0 Å². The van der Waals surface area contributed by atoms with Crippen molar-refractivity contribution in [3.63, 3.8) is 0 Å². The van der Waals surface area contributed by atoms with Crippen LogP contribution in [0.25, 0.3) is 0 Å². The predicted molar refractivity (Wildman–Crippen MR) is 73.3 cm³/mol. The van der Waals surface area contributed by atoms with Gasteiger partial charge in [0.15, 0.2) is 0 Å². The van der Waals surface area contributed by atoms with E-state index < -0.39 is 0 Å². The molecule has 2 N–H and O–H groups in total. The van der Waals surface area contributed by atoms with E-state index in [0.717, 1.165) is 26.1 Å². The molecule has 0 bridgehead atoms. The van der Waals surface area contributed by atoms with Crippen LogP contribution in [-0.4, -0.2) is 36.5 Å². The van der Waals surface area contributed by atoms with E-state index in [1.54, 1.807) is 0 Å².